The molecule has 0 saturated heterocycles. The van der Waals surface area contributed by atoms with E-state index >= 15 is 0 Å². The lowest BCUT2D eigenvalue weighted by Gasteiger charge is -2.23. The lowest BCUT2D eigenvalue weighted by atomic mass is 9.96. The summed E-state index contributed by atoms with van der Waals surface area (Å²) in [6.07, 6.45) is 4.04. The van der Waals surface area contributed by atoms with Crippen molar-refractivity contribution in [2.45, 2.75) is 38.8 Å². The molecule has 3 nitrogen and oxygen atoms in total. The van der Waals surface area contributed by atoms with E-state index in [4.69, 9.17) is 0 Å². The van der Waals surface area contributed by atoms with Crippen molar-refractivity contribution in [1.82, 2.24) is 9.78 Å². The Labute approximate surface area is 78.4 Å². The third-order valence-electron chi connectivity index (χ3n) is 2.91. The Morgan fingerprint density at radius 1 is 1.69 bits per heavy atom. The van der Waals surface area contributed by atoms with Gasteiger partial charge in [-0.1, -0.05) is 0 Å². The van der Waals surface area contributed by atoms with Crippen LogP contribution in [-0.2, 0) is 12.1 Å². The van der Waals surface area contributed by atoms with Crippen LogP contribution in [-0.4, -0.2) is 14.9 Å². The highest BCUT2D eigenvalue weighted by atomic mass is 16.3. The third-order valence-corrected chi connectivity index (χ3v) is 2.91. The van der Waals surface area contributed by atoms with Gasteiger partial charge in [-0.25, -0.2) is 0 Å². The molecule has 1 heterocycles. The maximum atomic E-state index is 10.3. The Kier molecular flexibility index (Phi) is 1.91. The molecule has 0 radical (unpaired) electrons. The molecule has 3 heteroatoms. The van der Waals surface area contributed by atoms with Gasteiger partial charge >= 0.3 is 0 Å². The average molecular weight is 180 g/mol. The first-order valence-electron chi connectivity index (χ1n) is 4.91. The lowest BCUT2D eigenvalue weighted by molar-refractivity contribution is 0.0240. The number of hydrogen-bond donors (Lipinski definition) is 1. The highest BCUT2D eigenvalue weighted by Crippen LogP contribution is 2.45. The van der Waals surface area contributed by atoms with Crippen LogP contribution < -0.4 is 0 Å². The summed E-state index contributed by atoms with van der Waals surface area (Å²) >= 11 is 0. The van der Waals surface area contributed by atoms with Crippen LogP contribution in [0.25, 0.3) is 0 Å². The fourth-order valence-corrected chi connectivity index (χ4v) is 1.87. The van der Waals surface area contributed by atoms with Gasteiger partial charge in [-0.2, -0.15) is 5.10 Å². The van der Waals surface area contributed by atoms with Crippen LogP contribution >= 0.6 is 0 Å². The summed E-state index contributed by atoms with van der Waals surface area (Å²) in [5.41, 5.74) is 0.282. The topological polar surface area (TPSA) is 38.0 Å². The predicted octanol–water partition coefficient (Wildman–Crippen LogP) is 1.52. The Morgan fingerprint density at radius 3 is 2.92 bits per heavy atom. The molecule has 1 aliphatic rings. The first-order valence-corrected chi connectivity index (χ1v) is 4.91. The van der Waals surface area contributed by atoms with E-state index in [2.05, 4.69) is 5.10 Å². The number of aromatic nitrogens is 2. The SMILES string of the molecule is CCn1nccc1C(C)(O)C1CC1. The van der Waals surface area contributed by atoms with Gasteiger partial charge in [0.2, 0.25) is 0 Å². The maximum Gasteiger partial charge on any atom is 0.106 e. The highest BCUT2D eigenvalue weighted by Gasteiger charge is 2.42. The molecular formula is C10H16N2O. The van der Waals surface area contributed by atoms with Crippen molar-refractivity contribution in [2.24, 2.45) is 5.92 Å². The standard InChI is InChI=1S/C10H16N2O/c1-3-12-9(6-7-11-12)10(2,13)8-4-5-8/h6-8,13H,3-5H2,1-2H3. The summed E-state index contributed by atoms with van der Waals surface area (Å²) in [4.78, 5) is 0. The summed E-state index contributed by atoms with van der Waals surface area (Å²) in [6, 6.07) is 1.92. The predicted molar refractivity (Wildman–Crippen MR) is 50.2 cm³/mol. The van der Waals surface area contributed by atoms with Gasteiger partial charge in [-0.15, -0.1) is 0 Å². The van der Waals surface area contributed by atoms with E-state index in [1.54, 1.807) is 6.20 Å². The normalized spacial score (nSPS) is 21.5. The molecule has 1 N–H and O–H groups in total. The summed E-state index contributed by atoms with van der Waals surface area (Å²) in [5.74, 6) is 0.439. The first-order chi connectivity index (χ1) is 6.16. The van der Waals surface area contributed by atoms with E-state index in [9.17, 15) is 5.11 Å². The Bertz CT molecular complexity index is 300. The van der Waals surface area contributed by atoms with Crippen LogP contribution in [0.15, 0.2) is 12.3 Å². The van der Waals surface area contributed by atoms with Gasteiger partial charge in [-0.05, 0) is 38.7 Å². The van der Waals surface area contributed by atoms with Crippen LogP contribution in [0.1, 0.15) is 32.4 Å². The van der Waals surface area contributed by atoms with E-state index in [0.717, 1.165) is 25.1 Å². The molecule has 13 heavy (non-hydrogen) atoms. The van der Waals surface area contributed by atoms with Gasteiger partial charge in [0.25, 0.3) is 0 Å². The van der Waals surface area contributed by atoms with Gasteiger partial charge < -0.3 is 5.11 Å². The molecule has 1 aromatic rings. The van der Waals surface area contributed by atoms with Crippen LogP contribution in [0.3, 0.4) is 0 Å². The van der Waals surface area contributed by atoms with Gasteiger partial charge in [-0.3, -0.25) is 4.68 Å². The van der Waals surface area contributed by atoms with Crippen molar-refractivity contribution in [3.05, 3.63) is 18.0 Å². The minimum Gasteiger partial charge on any atom is -0.384 e. The van der Waals surface area contributed by atoms with Crippen molar-refractivity contribution in [3.8, 4) is 0 Å². The van der Waals surface area contributed by atoms with Crippen molar-refractivity contribution < 1.29 is 5.11 Å². The zero-order chi connectivity index (χ0) is 9.47. The van der Waals surface area contributed by atoms with Gasteiger partial charge in [0, 0.05) is 12.7 Å². The fourth-order valence-electron chi connectivity index (χ4n) is 1.87. The monoisotopic (exact) mass is 180 g/mol. The van der Waals surface area contributed by atoms with E-state index < -0.39 is 5.60 Å². The lowest BCUT2D eigenvalue weighted by Crippen LogP contribution is -2.27. The molecule has 1 aliphatic carbocycles. The molecule has 1 unspecified atom stereocenters. The molecule has 0 amide bonds. The summed E-state index contributed by atoms with van der Waals surface area (Å²) in [7, 11) is 0. The molecule has 0 aromatic carbocycles. The molecule has 0 bridgehead atoms. The molecule has 0 aliphatic heterocycles. The van der Waals surface area contributed by atoms with Crippen LogP contribution in [0.2, 0.25) is 0 Å². The second-order valence-electron chi connectivity index (χ2n) is 3.95. The van der Waals surface area contributed by atoms with Gasteiger partial charge in [0.1, 0.15) is 5.60 Å². The van der Waals surface area contributed by atoms with Crippen LogP contribution in [0.4, 0.5) is 0 Å². The molecule has 2 rings (SSSR count). The van der Waals surface area contributed by atoms with E-state index in [-0.39, 0.29) is 0 Å². The second kappa shape index (κ2) is 2.84. The van der Waals surface area contributed by atoms with Crippen LogP contribution in [0, 0.1) is 5.92 Å². The largest absolute Gasteiger partial charge is 0.384 e. The Hall–Kier alpha value is -0.830. The quantitative estimate of drug-likeness (QED) is 0.765. The minimum atomic E-state index is -0.674. The van der Waals surface area contributed by atoms with Crippen molar-refractivity contribution >= 4 is 0 Å². The molecule has 1 saturated carbocycles. The van der Waals surface area contributed by atoms with Crippen LogP contribution in [0.5, 0.6) is 0 Å². The third kappa shape index (κ3) is 1.37. The zero-order valence-electron chi connectivity index (χ0n) is 8.20. The minimum absolute atomic E-state index is 0.439. The van der Waals surface area contributed by atoms with E-state index in [0.29, 0.717) is 5.92 Å². The molecule has 1 fully saturated rings. The Balaban J connectivity index is 2.32. The molecule has 0 spiro atoms. The van der Waals surface area contributed by atoms with Crippen molar-refractivity contribution in [2.75, 3.05) is 0 Å². The highest BCUT2D eigenvalue weighted by molar-refractivity contribution is 5.14. The summed E-state index contributed by atoms with van der Waals surface area (Å²) < 4.78 is 1.87. The maximum absolute atomic E-state index is 10.3. The Morgan fingerprint density at radius 2 is 2.38 bits per heavy atom. The van der Waals surface area contributed by atoms with E-state index in [1.807, 2.05) is 24.6 Å². The number of nitrogens with zero attached hydrogens (tertiary/aromatic N) is 2. The summed E-state index contributed by atoms with van der Waals surface area (Å²) in [5, 5.41) is 14.4. The number of hydrogen-bond acceptors (Lipinski definition) is 2. The fraction of sp³-hybridized carbons (Fsp3) is 0.700. The smallest absolute Gasteiger partial charge is 0.106 e. The van der Waals surface area contributed by atoms with Crippen molar-refractivity contribution in [3.63, 3.8) is 0 Å². The number of aryl methyl sites for hydroxylation is 1. The molecule has 1 atom stereocenters. The van der Waals surface area contributed by atoms with Gasteiger partial charge in [0.05, 0.1) is 5.69 Å². The second-order valence-corrected chi connectivity index (χ2v) is 3.95. The molecule has 1 aromatic heterocycles. The number of aliphatic hydroxyl groups is 1. The summed E-state index contributed by atoms with van der Waals surface area (Å²) in [6.45, 7) is 4.76. The van der Waals surface area contributed by atoms with Crippen molar-refractivity contribution in [1.29, 1.82) is 0 Å². The molecule has 72 valence electrons. The van der Waals surface area contributed by atoms with Gasteiger partial charge in [0.15, 0.2) is 0 Å². The zero-order valence-corrected chi connectivity index (χ0v) is 8.20. The first kappa shape index (κ1) is 8.75. The number of rotatable bonds is 3. The average Bonchev–Trinajstić information content (AvgIpc) is 2.84. The molecular weight excluding hydrogens is 164 g/mol. The van der Waals surface area contributed by atoms with E-state index in [1.165, 1.54) is 0 Å².